The molecule has 8 nitrogen and oxygen atoms in total. The molecule has 1 aromatic rings. The van der Waals surface area contributed by atoms with Crippen LogP contribution in [0.5, 0.6) is 0 Å². The lowest BCUT2D eigenvalue weighted by Crippen LogP contribution is -2.61. The third-order valence-corrected chi connectivity index (χ3v) is 6.27. The molecule has 30 heavy (non-hydrogen) atoms. The molecule has 0 aromatic heterocycles. The number of piperidine rings is 1. The monoisotopic (exact) mass is 476 g/mol. The fourth-order valence-electron chi connectivity index (χ4n) is 4.05. The zero-order valence-electron chi connectivity index (χ0n) is 16.9. The average molecular weight is 477 g/mol. The minimum atomic E-state index is -1.23. The first kappa shape index (κ1) is 20.7. The summed E-state index contributed by atoms with van der Waals surface area (Å²) in [5.41, 5.74) is -0.726. The maximum absolute atomic E-state index is 13.2. The number of nitrogens with zero attached hydrogens (tertiary/aromatic N) is 2. The summed E-state index contributed by atoms with van der Waals surface area (Å²) in [4.78, 5) is 66.4. The van der Waals surface area contributed by atoms with Gasteiger partial charge < -0.3 is 4.74 Å². The molecule has 0 radical (unpaired) electrons. The van der Waals surface area contributed by atoms with Crippen LogP contribution in [0.4, 0.5) is 4.79 Å². The lowest BCUT2D eigenvalue weighted by atomic mass is 9.89. The van der Waals surface area contributed by atoms with E-state index in [2.05, 4.69) is 15.9 Å². The average Bonchev–Trinajstić information content (AvgIpc) is 3.39. The fourth-order valence-corrected chi connectivity index (χ4v) is 4.52. The predicted octanol–water partition coefficient (Wildman–Crippen LogP) is 3.02. The Morgan fingerprint density at radius 1 is 1.17 bits per heavy atom. The highest BCUT2D eigenvalue weighted by molar-refractivity contribution is 9.08. The fraction of sp³-hybridized carbons (Fsp3) is 0.476. The number of alkyl halides is 1. The molecule has 2 aliphatic heterocycles. The number of imide groups is 4. The van der Waals surface area contributed by atoms with Crippen molar-refractivity contribution >= 4 is 45.7 Å². The van der Waals surface area contributed by atoms with Crippen LogP contribution in [-0.2, 0) is 19.7 Å². The van der Waals surface area contributed by atoms with E-state index in [0.717, 1.165) is 4.90 Å². The molecule has 158 valence electrons. The lowest BCUT2D eigenvalue weighted by molar-refractivity contribution is -0.155. The summed E-state index contributed by atoms with van der Waals surface area (Å²) in [5.74, 6) is -2.69. The van der Waals surface area contributed by atoms with Gasteiger partial charge in [0.1, 0.15) is 11.6 Å². The van der Waals surface area contributed by atoms with E-state index in [1.165, 1.54) is 0 Å². The first-order chi connectivity index (χ1) is 14.0. The van der Waals surface area contributed by atoms with E-state index in [4.69, 9.17) is 4.74 Å². The summed E-state index contributed by atoms with van der Waals surface area (Å²) in [5, 5.41) is 0.369. The van der Waals surface area contributed by atoms with Gasteiger partial charge >= 0.3 is 6.09 Å². The summed E-state index contributed by atoms with van der Waals surface area (Å²) in [6, 6.07) is 3.71. The van der Waals surface area contributed by atoms with Crippen LogP contribution in [-0.4, -0.2) is 51.2 Å². The van der Waals surface area contributed by atoms with Gasteiger partial charge in [0.15, 0.2) is 0 Å². The van der Waals surface area contributed by atoms with Gasteiger partial charge in [-0.2, -0.15) is 4.90 Å². The number of likely N-dealkylation sites (tertiary alicyclic amines) is 1. The summed E-state index contributed by atoms with van der Waals surface area (Å²) in [6.45, 7) is 4.88. The molecular formula is C21H21BrN2O6. The molecule has 2 fully saturated rings. The van der Waals surface area contributed by atoms with E-state index in [1.54, 1.807) is 39.0 Å². The maximum atomic E-state index is 13.2. The molecule has 9 heteroatoms. The van der Waals surface area contributed by atoms with Crippen LogP contribution in [0.25, 0.3) is 0 Å². The Morgan fingerprint density at radius 3 is 2.40 bits per heavy atom. The molecule has 3 aliphatic rings. The molecule has 5 amide bonds. The second-order valence-electron chi connectivity index (χ2n) is 8.91. The van der Waals surface area contributed by atoms with Crippen LogP contribution >= 0.6 is 15.9 Å². The second-order valence-corrected chi connectivity index (χ2v) is 9.47. The van der Waals surface area contributed by atoms with Crippen molar-refractivity contribution in [1.82, 2.24) is 9.80 Å². The predicted molar refractivity (Wildman–Crippen MR) is 108 cm³/mol. The molecule has 1 aromatic carbocycles. The second kappa shape index (κ2) is 6.73. The van der Waals surface area contributed by atoms with Gasteiger partial charge in [-0.3, -0.25) is 24.1 Å². The molecule has 1 saturated heterocycles. The van der Waals surface area contributed by atoms with Crippen molar-refractivity contribution in [3.63, 3.8) is 0 Å². The van der Waals surface area contributed by atoms with Gasteiger partial charge in [0, 0.05) is 5.33 Å². The summed E-state index contributed by atoms with van der Waals surface area (Å²) < 4.78 is 5.25. The number of carbonyl (C=O) groups is 5. The van der Waals surface area contributed by atoms with Crippen LogP contribution < -0.4 is 0 Å². The van der Waals surface area contributed by atoms with Gasteiger partial charge in [-0.05, 0) is 51.7 Å². The van der Waals surface area contributed by atoms with Gasteiger partial charge in [-0.15, -0.1) is 0 Å². The number of ether oxygens (including phenoxy) is 1. The molecule has 1 atom stereocenters. The number of benzene rings is 1. The molecule has 1 spiro atoms. The Labute approximate surface area is 181 Å². The number of amides is 5. The van der Waals surface area contributed by atoms with E-state index in [1.807, 2.05) is 0 Å². The van der Waals surface area contributed by atoms with Crippen LogP contribution in [0.3, 0.4) is 0 Å². The molecule has 2 heterocycles. The van der Waals surface area contributed by atoms with Crippen molar-refractivity contribution in [3.8, 4) is 0 Å². The van der Waals surface area contributed by atoms with Crippen LogP contribution in [0, 0.1) is 5.41 Å². The van der Waals surface area contributed by atoms with Crippen LogP contribution in [0.2, 0.25) is 0 Å². The van der Waals surface area contributed by atoms with E-state index >= 15 is 0 Å². The highest BCUT2D eigenvalue weighted by Gasteiger charge is 2.63. The zero-order valence-corrected chi connectivity index (χ0v) is 18.4. The summed E-state index contributed by atoms with van der Waals surface area (Å²) in [7, 11) is 0. The summed E-state index contributed by atoms with van der Waals surface area (Å²) >= 11 is 3.32. The number of halogens is 1. The third-order valence-electron chi connectivity index (χ3n) is 5.66. The SMILES string of the molecule is CC(C)(C)OC(=O)N1C(=O)C(N2C(=O)c3cccc(CBr)c3C2=O)CC2(CC2)C1=O. The molecule has 1 saturated carbocycles. The lowest BCUT2D eigenvalue weighted by Gasteiger charge is -2.38. The molecule has 0 bridgehead atoms. The normalized spacial score (nSPS) is 22.6. The smallest absolute Gasteiger partial charge is 0.424 e. The van der Waals surface area contributed by atoms with Gasteiger partial charge in [-0.1, -0.05) is 28.1 Å². The number of hydrogen-bond acceptors (Lipinski definition) is 6. The van der Waals surface area contributed by atoms with Gasteiger partial charge in [0.25, 0.3) is 17.7 Å². The Bertz CT molecular complexity index is 1010. The highest BCUT2D eigenvalue weighted by Crippen LogP contribution is 2.54. The van der Waals surface area contributed by atoms with E-state index in [0.29, 0.717) is 28.6 Å². The van der Waals surface area contributed by atoms with Crippen molar-refractivity contribution in [1.29, 1.82) is 0 Å². The third kappa shape index (κ3) is 3.07. The zero-order chi connectivity index (χ0) is 22.0. The molecular weight excluding hydrogens is 456 g/mol. The standard InChI is InChI=1S/C21H21BrN2O6/c1-20(2,3)30-19(29)24-16(26)13(9-21(7-8-21)18(24)28)23-15(25)12-6-4-5-11(10-22)14(12)17(23)27/h4-6,13H,7-10H2,1-3H3. The van der Waals surface area contributed by atoms with Crippen LogP contribution in [0.15, 0.2) is 18.2 Å². The number of hydrogen-bond donors (Lipinski definition) is 0. The van der Waals surface area contributed by atoms with Gasteiger partial charge in [0.05, 0.1) is 16.5 Å². The Balaban J connectivity index is 1.72. The largest absolute Gasteiger partial charge is 0.443 e. The van der Waals surface area contributed by atoms with Crippen molar-refractivity contribution in [2.75, 3.05) is 0 Å². The first-order valence-electron chi connectivity index (χ1n) is 9.68. The van der Waals surface area contributed by atoms with Gasteiger partial charge in [-0.25, -0.2) is 4.79 Å². The van der Waals surface area contributed by atoms with Crippen molar-refractivity contribution < 1.29 is 28.7 Å². The minimum Gasteiger partial charge on any atom is -0.443 e. The van der Waals surface area contributed by atoms with E-state index < -0.39 is 46.8 Å². The number of rotatable bonds is 2. The topological polar surface area (TPSA) is 101 Å². The summed E-state index contributed by atoms with van der Waals surface area (Å²) in [6.07, 6.45) is -0.0691. The molecule has 1 aliphatic carbocycles. The highest BCUT2D eigenvalue weighted by atomic mass is 79.9. The molecule has 4 rings (SSSR count). The van der Waals surface area contributed by atoms with Crippen molar-refractivity contribution in [2.24, 2.45) is 5.41 Å². The van der Waals surface area contributed by atoms with Crippen molar-refractivity contribution in [3.05, 3.63) is 34.9 Å². The maximum Gasteiger partial charge on any atom is 0.424 e. The quantitative estimate of drug-likeness (QED) is 0.480. The number of carbonyl (C=O) groups excluding carboxylic acids is 5. The molecule has 1 unspecified atom stereocenters. The minimum absolute atomic E-state index is 0.0269. The van der Waals surface area contributed by atoms with Crippen molar-refractivity contribution in [2.45, 2.75) is 57.0 Å². The van der Waals surface area contributed by atoms with E-state index in [9.17, 15) is 24.0 Å². The first-order valence-corrected chi connectivity index (χ1v) is 10.8. The molecule has 0 N–H and O–H groups in total. The van der Waals surface area contributed by atoms with E-state index in [-0.39, 0.29) is 17.5 Å². The Kier molecular flexibility index (Phi) is 4.65. The number of fused-ring (bicyclic) bond motifs is 1. The Morgan fingerprint density at radius 2 is 1.83 bits per heavy atom. The van der Waals surface area contributed by atoms with Crippen LogP contribution in [0.1, 0.15) is 66.3 Å². The Hall–Kier alpha value is -2.55. The van der Waals surface area contributed by atoms with Gasteiger partial charge in [0.2, 0.25) is 5.91 Å².